The third kappa shape index (κ3) is 8.86. The number of hydrogen-bond acceptors (Lipinski definition) is 6. The molecule has 0 bridgehead atoms. The largest absolute Gasteiger partial charge is 0.497 e. The molecule has 4 aromatic carbocycles. The summed E-state index contributed by atoms with van der Waals surface area (Å²) in [5.41, 5.74) is 0.446. The van der Waals surface area contributed by atoms with Crippen LogP contribution in [0.5, 0.6) is 17.2 Å². The number of benzene rings is 4. The number of carbonyl (C=O) groups excluding carboxylic acids is 2. The number of amides is 2. The molecule has 1 N–H and O–H groups in total. The van der Waals surface area contributed by atoms with Gasteiger partial charge in [-0.25, -0.2) is 8.42 Å². The Morgan fingerprint density at radius 1 is 0.800 bits per heavy atom. The van der Waals surface area contributed by atoms with Crippen LogP contribution in [0.4, 0.5) is 5.69 Å². The molecule has 0 heterocycles. The Bertz CT molecular complexity index is 1690. The molecule has 0 saturated carbocycles. The Morgan fingerprint density at radius 3 is 1.98 bits per heavy atom. The average molecular weight is 630 g/mol. The number of rotatable bonds is 12. The fourth-order valence-corrected chi connectivity index (χ4v) is 6.01. The van der Waals surface area contributed by atoms with Crippen molar-refractivity contribution in [1.29, 1.82) is 0 Å². The molecule has 10 heteroatoms. The van der Waals surface area contributed by atoms with E-state index in [4.69, 9.17) is 9.47 Å². The van der Waals surface area contributed by atoms with Crippen molar-refractivity contribution in [1.82, 2.24) is 10.2 Å². The molecule has 0 aromatic heterocycles. The molecule has 0 fully saturated rings. The van der Waals surface area contributed by atoms with E-state index in [1.165, 1.54) is 17.0 Å². The van der Waals surface area contributed by atoms with Crippen molar-refractivity contribution in [3.63, 3.8) is 0 Å². The molecule has 9 nitrogen and oxygen atoms in total. The molecule has 4 rings (SSSR count). The van der Waals surface area contributed by atoms with Crippen LogP contribution in [0.3, 0.4) is 0 Å². The van der Waals surface area contributed by atoms with Crippen molar-refractivity contribution in [2.45, 2.75) is 50.7 Å². The zero-order chi connectivity index (χ0) is 32.6. The summed E-state index contributed by atoms with van der Waals surface area (Å²) in [6, 6.07) is 29.9. The minimum Gasteiger partial charge on any atom is -0.497 e. The Balaban J connectivity index is 1.70. The third-order valence-electron chi connectivity index (χ3n) is 6.87. The molecule has 45 heavy (non-hydrogen) atoms. The molecule has 1 atom stereocenters. The maximum Gasteiger partial charge on any atom is 0.264 e. The van der Waals surface area contributed by atoms with Crippen molar-refractivity contribution < 1.29 is 27.5 Å². The second-order valence-corrected chi connectivity index (χ2v) is 13.4. The quantitative estimate of drug-likeness (QED) is 0.206. The summed E-state index contributed by atoms with van der Waals surface area (Å²) in [4.78, 5) is 28.9. The van der Waals surface area contributed by atoms with Crippen molar-refractivity contribution in [2.75, 3.05) is 18.0 Å². The molecule has 4 aromatic rings. The molecule has 0 radical (unpaired) electrons. The van der Waals surface area contributed by atoms with Gasteiger partial charge in [-0.2, -0.15) is 0 Å². The van der Waals surface area contributed by atoms with E-state index in [1.54, 1.807) is 74.7 Å². The fraction of sp³-hybridized carbons (Fsp3) is 0.257. The summed E-state index contributed by atoms with van der Waals surface area (Å²) in [5.74, 6) is 0.806. The van der Waals surface area contributed by atoms with E-state index in [9.17, 15) is 18.0 Å². The van der Waals surface area contributed by atoms with Gasteiger partial charge in [-0.1, -0.05) is 48.5 Å². The fourth-order valence-electron chi connectivity index (χ4n) is 4.58. The summed E-state index contributed by atoms with van der Waals surface area (Å²) in [7, 11) is -2.64. The monoisotopic (exact) mass is 629 g/mol. The molecule has 2 amide bonds. The lowest BCUT2D eigenvalue weighted by Crippen LogP contribution is -2.54. The van der Waals surface area contributed by atoms with Gasteiger partial charge in [0.25, 0.3) is 10.0 Å². The van der Waals surface area contributed by atoms with Crippen LogP contribution >= 0.6 is 0 Å². The number of hydrogen-bond donors (Lipinski definition) is 1. The zero-order valence-electron chi connectivity index (χ0n) is 26.1. The summed E-state index contributed by atoms with van der Waals surface area (Å²) < 4.78 is 40.4. The molecule has 0 aliphatic heterocycles. The smallest absolute Gasteiger partial charge is 0.264 e. The summed E-state index contributed by atoms with van der Waals surface area (Å²) in [6.45, 7) is 6.69. The van der Waals surface area contributed by atoms with Crippen LogP contribution in [-0.2, 0) is 26.2 Å². The van der Waals surface area contributed by atoms with Crippen molar-refractivity contribution in [3.05, 3.63) is 115 Å². The van der Waals surface area contributed by atoms with Gasteiger partial charge in [-0.15, -0.1) is 0 Å². The standard InChI is InChI=1S/C35H39N3O6S/c1-26(34(40)36-35(2,3)4)37(24-27-13-12-16-31(23-27)43-5)33(39)25-38(45(41,42)32-17-10-7-11-18-32)28-19-21-30(22-20-28)44-29-14-8-6-9-15-29/h6-23,26H,24-25H2,1-5H3,(H,36,40). The van der Waals surface area contributed by atoms with Gasteiger partial charge in [0.1, 0.15) is 29.8 Å². The van der Waals surface area contributed by atoms with Gasteiger partial charge in [0.05, 0.1) is 17.7 Å². The van der Waals surface area contributed by atoms with Gasteiger partial charge >= 0.3 is 0 Å². The predicted molar refractivity (Wildman–Crippen MR) is 175 cm³/mol. The van der Waals surface area contributed by atoms with E-state index in [1.807, 2.05) is 57.2 Å². The molecular weight excluding hydrogens is 590 g/mol. The van der Waals surface area contributed by atoms with Gasteiger partial charge in [0.2, 0.25) is 11.8 Å². The Morgan fingerprint density at radius 2 is 1.38 bits per heavy atom. The van der Waals surface area contributed by atoms with E-state index < -0.39 is 34.1 Å². The number of methoxy groups -OCH3 is 1. The highest BCUT2D eigenvalue weighted by Gasteiger charge is 2.33. The third-order valence-corrected chi connectivity index (χ3v) is 8.65. The molecule has 1 unspecified atom stereocenters. The van der Waals surface area contributed by atoms with E-state index in [0.717, 1.165) is 9.87 Å². The van der Waals surface area contributed by atoms with Crippen LogP contribution in [-0.4, -0.2) is 50.4 Å². The van der Waals surface area contributed by atoms with Crippen LogP contribution in [0, 0.1) is 0 Å². The topological polar surface area (TPSA) is 105 Å². The van der Waals surface area contributed by atoms with Crippen LogP contribution in [0.25, 0.3) is 0 Å². The first kappa shape index (κ1) is 33.1. The number of sulfonamides is 1. The number of ether oxygens (including phenoxy) is 2. The lowest BCUT2D eigenvalue weighted by Gasteiger charge is -2.33. The number of nitrogens with one attached hydrogen (secondary N) is 1. The molecule has 0 spiro atoms. The molecular formula is C35H39N3O6S. The minimum absolute atomic E-state index is 0.0280. The predicted octanol–water partition coefficient (Wildman–Crippen LogP) is 6.01. The SMILES string of the molecule is COc1cccc(CN(C(=O)CN(c2ccc(Oc3ccccc3)cc2)S(=O)(=O)c2ccccc2)C(C)C(=O)NC(C)(C)C)c1. The minimum atomic E-state index is -4.19. The van der Waals surface area contributed by atoms with E-state index >= 15 is 0 Å². The van der Waals surface area contributed by atoms with Crippen molar-refractivity contribution in [2.24, 2.45) is 0 Å². The second-order valence-electron chi connectivity index (χ2n) is 11.5. The highest BCUT2D eigenvalue weighted by molar-refractivity contribution is 7.92. The van der Waals surface area contributed by atoms with Gasteiger partial charge < -0.3 is 19.7 Å². The first-order valence-corrected chi connectivity index (χ1v) is 16.0. The molecule has 236 valence electrons. The van der Waals surface area contributed by atoms with Gasteiger partial charge in [-0.05, 0) is 93.9 Å². The maximum atomic E-state index is 14.2. The summed E-state index contributed by atoms with van der Waals surface area (Å²) in [6.07, 6.45) is 0. The number of carbonyl (C=O) groups is 2. The average Bonchev–Trinajstić information content (AvgIpc) is 3.02. The lowest BCUT2D eigenvalue weighted by atomic mass is 10.1. The molecule has 0 aliphatic rings. The highest BCUT2D eigenvalue weighted by atomic mass is 32.2. The van der Waals surface area contributed by atoms with Gasteiger partial charge in [0.15, 0.2) is 0 Å². The molecule has 0 saturated heterocycles. The first-order valence-electron chi connectivity index (χ1n) is 14.5. The van der Waals surface area contributed by atoms with Crippen molar-refractivity contribution >= 4 is 27.5 Å². The van der Waals surface area contributed by atoms with E-state index in [-0.39, 0.29) is 23.0 Å². The highest BCUT2D eigenvalue weighted by Crippen LogP contribution is 2.29. The number of anilines is 1. The van der Waals surface area contributed by atoms with Crippen LogP contribution in [0.2, 0.25) is 0 Å². The first-order chi connectivity index (χ1) is 21.4. The Kier molecular flexibility index (Phi) is 10.5. The Labute approximate surface area is 265 Å². The number of nitrogens with zero attached hydrogens (tertiary/aromatic N) is 2. The zero-order valence-corrected chi connectivity index (χ0v) is 27.0. The normalized spacial score (nSPS) is 12.1. The van der Waals surface area contributed by atoms with E-state index in [2.05, 4.69) is 5.32 Å². The van der Waals surface area contributed by atoms with Crippen molar-refractivity contribution in [3.8, 4) is 17.2 Å². The van der Waals surface area contributed by atoms with Gasteiger partial charge in [0, 0.05) is 12.1 Å². The molecule has 0 aliphatic carbocycles. The van der Waals surface area contributed by atoms with Crippen LogP contribution < -0.4 is 19.1 Å². The Hall–Kier alpha value is -4.83. The maximum absolute atomic E-state index is 14.2. The van der Waals surface area contributed by atoms with Crippen LogP contribution in [0.1, 0.15) is 33.3 Å². The van der Waals surface area contributed by atoms with Crippen LogP contribution in [0.15, 0.2) is 114 Å². The van der Waals surface area contributed by atoms with E-state index in [0.29, 0.717) is 17.2 Å². The summed E-state index contributed by atoms with van der Waals surface area (Å²) in [5, 5.41) is 2.93. The number of para-hydroxylation sites is 1. The summed E-state index contributed by atoms with van der Waals surface area (Å²) >= 11 is 0. The second kappa shape index (κ2) is 14.3. The van der Waals surface area contributed by atoms with Gasteiger partial charge in [-0.3, -0.25) is 13.9 Å². The lowest BCUT2D eigenvalue weighted by molar-refractivity contribution is -0.140.